The highest BCUT2D eigenvalue weighted by Gasteiger charge is 2.15. The summed E-state index contributed by atoms with van der Waals surface area (Å²) in [6.07, 6.45) is 0. The molecule has 1 aromatic carbocycles. The summed E-state index contributed by atoms with van der Waals surface area (Å²) >= 11 is 0. The van der Waals surface area contributed by atoms with E-state index in [1.165, 1.54) is 18.1 Å². The van der Waals surface area contributed by atoms with Gasteiger partial charge in [0.05, 0.1) is 24.0 Å². The molecule has 0 saturated carbocycles. The lowest BCUT2D eigenvalue weighted by Gasteiger charge is -2.14. The molecule has 0 fully saturated rings. The fraction of sp³-hybridized carbons (Fsp3) is 0.300. The Labute approximate surface area is 88.6 Å². The Morgan fingerprint density at radius 1 is 1.27 bits per heavy atom. The summed E-state index contributed by atoms with van der Waals surface area (Å²) in [6.45, 7) is 0. The fourth-order valence-corrected chi connectivity index (χ4v) is 1.19. The number of methoxy groups -OCH3 is 1. The Morgan fingerprint density at radius 3 is 2.27 bits per heavy atom. The van der Waals surface area contributed by atoms with E-state index in [2.05, 4.69) is 0 Å². The predicted octanol–water partition coefficient (Wildman–Crippen LogP) is 0.561. The van der Waals surface area contributed by atoms with Crippen molar-refractivity contribution in [3.63, 3.8) is 0 Å². The minimum Gasteiger partial charge on any atom is -0.496 e. The normalized spacial score (nSPS) is 9.80. The summed E-state index contributed by atoms with van der Waals surface area (Å²) in [5.41, 5.74) is 12.4. The number of rotatable bonds is 2. The van der Waals surface area contributed by atoms with Crippen molar-refractivity contribution >= 4 is 17.3 Å². The van der Waals surface area contributed by atoms with E-state index in [-0.39, 0.29) is 5.91 Å². The second-order valence-electron chi connectivity index (χ2n) is 3.38. The summed E-state index contributed by atoms with van der Waals surface area (Å²) in [7, 11) is 4.81. The number of nitrogen functional groups attached to an aromatic ring is 2. The summed E-state index contributed by atoms with van der Waals surface area (Å²) in [6, 6.07) is 3.07. The number of carbonyl (C=O) groups is 1. The number of amides is 1. The topological polar surface area (TPSA) is 81.6 Å². The lowest BCUT2D eigenvalue weighted by molar-refractivity contribution is 0.0824. The Kier molecular flexibility index (Phi) is 3.04. The predicted molar refractivity (Wildman–Crippen MR) is 59.8 cm³/mol. The van der Waals surface area contributed by atoms with Gasteiger partial charge in [-0.3, -0.25) is 4.79 Å². The van der Waals surface area contributed by atoms with Gasteiger partial charge in [0.15, 0.2) is 0 Å². The lowest BCUT2D eigenvalue weighted by atomic mass is 10.1. The van der Waals surface area contributed by atoms with Gasteiger partial charge in [0.25, 0.3) is 5.91 Å². The van der Waals surface area contributed by atoms with E-state index >= 15 is 0 Å². The zero-order valence-electron chi connectivity index (χ0n) is 9.07. The lowest BCUT2D eigenvalue weighted by Crippen LogP contribution is -2.22. The molecule has 0 unspecified atom stereocenters. The highest BCUT2D eigenvalue weighted by molar-refractivity contribution is 5.98. The molecule has 0 aromatic heterocycles. The molecule has 0 bridgehead atoms. The van der Waals surface area contributed by atoms with E-state index in [1.807, 2.05) is 0 Å². The second kappa shape index (κ2) is 4.08. The van der Waals surface area contributed by atoms with Gasteiger partial charge in [-0.1, -0.05) is 0 Å². The van der Waals surface area contributed by atoms with E-state index in [4.69, 9.17) is 16.2 Å². The number of ether oxygens (including phenoxy) is 1. The molecule has 0 spiro atoms. The maximum absolute atomic E-state index is 11.7. The number of benzene rings is 1. The van der Waals surface area contributed by atoms with Crippen LogP contribution in [0.25, 0.3) is 0 Å². The molecule has 1 aromatic rings. The van der Waals surface area contributed by atoms with Crippen LogP contribution in [0.4, 0.5) is 11.4 Å². The molecule has 0 aliphatic rings. The summed E-state index contributed by atoms with van der Waals surface area (Å²) in [5, 5.41) is 0. The first-order valence-corrected chi connectivity index (χ1v) is 4.42. The van der Waals surface area contributed by atoms with Crippen molar-refractivity contribution < 1.29 is 9.53 Å². The first-order chi connectivity index (χ1) is 6.97. The van der Waals surface area contributed by atoms with Crippen LogP contribution >= 0.6 is 0 Å². The average Bonchev–Trinajstić information content (AvgIpc) is 2.20. The SMILES string of the molecule is COc1cc(N)c(N)cc1C(=O)N(C)C. The third kappa shape index (κ3) is 2.12. The molecule has 82 valence electrons. The van der Waals surface area contributed by atoms with Gasteiger partial charge in [0.2, 0.25) is 0 Å². The number of anilines is 2. The van der Waals surface area contributed by atoms with Gasteiger partial charge < -0.3 is 21.1 Å². The number of nitrogens with zero attached hydrogens (tertiary/aromatic N) is 1. The van der Waals surface area contributed by atoms with Gasteiger partial charge in [-0.2, -0.15) is 0 Å². The van der Waals surface area contributed by atoms with Gasteiger partial charge in [-0.05, 0) is 6.07 Å². The van der Waals surface area contributed by atoms with Gasteiger partial charge in [-0.25, -0.2) is 0 Å². The van der Waals surface area contributed by atoms with Gasteiger partial charge in [0.1, 0.15) is 5.75 Å². The highest BCUT2D eigenvalue weighted by atomic mass is 16.5. The van der Waals surface area contributed by atoms with Crippen LogP contribution in [-0.4, -0.2) is 32.0 Å². The highest BCUT2D eigenvalue weighted by Crippen LogP contribution is 2.27. The molecule has 0 aliphatic carbocycles. The third-order valence-electron chi connectivity index (χ3n) is 2.04. The molecule has 0 aliphatic heterocycles. The van der Waals surface area contributed by atoms with Crippen molar-refractivity contribution in [1.29, 1.82) is 0 Å². The fourth-order valence-electron chi connectivity index (χ4n) is 1.19. The maximum Gasteiger partial charge on any atom is 0.257 e. The molecule has 1 amide bonds. The zero-order chi connectivity index (χ0) is 11.6. The van der Waals surface area contributed by atoms with Crippen molar-refractivity contribution in [3.05, 3.63) is 17.7 Å². The van der Waals surface area contributed by atoms with Crippen LogP contribution in [-0.2, 0) is 0 Å². The largest absolute Gasteiger partial charge is 0.496 e. The Hall–Kier alpha value is -1.91. The molecule has 0 atom stereocenters. The Morgan fingerprint density at radius 2 is 1.80 bits per heavy atom. The molecule has 0 saturated heterocycles. The average molecular weight is 209 g/mol. The van der Waals surface area contributed by atoms with Crippen molar-refractivity contribution in [2.24, 2.45) is 0 Å². The van der Waals surface area contributed by atoms with Crippen molar-refractivity contribution in [3.8, 4) is 5.75 Å². The van der Waals surface area contributed by atoms with Gasteiger partial charge in [-0.15, -0.1) is 0 Å². The van der Waals surface area contributed by atoms with E-state index in [0.717, 1.165) is 0 Å². The monoisotopic (exact) mass is 209 g/mol. The minimum atomic E-state index is -0.168. The first kappa shape index (κ1) is 11.2. The van der Waals surface area contributed by atoms with Crippen LogP contribution in [0, 0.1) is 0 Å². The smallest absolute Gasteiger partial charge is 0.257 e. The summed E-state index contributed by atoms with van der Waals surface area (Å²) in [4.78, 5) is 13.2. The van der Waals surface area contributed by atoms with E-state index in [0.29, 0.717) is 22.7 Å². The first-order valence-electron chi connectivity index (χ1n) is 4.42. The number of nitrogens with two attached hydrogens (primary N) is 2. The Balaban J connectivity index is 3.27. The van der Waals surface area contributed by atoms with Crippen LogP contribution in [0.5, 0.6) is 5.75 Å². The molecule has 1 rings (SSSR count). The minimum absolute atomic E-state index is 0.168. The van der Waals surface area contributed by atoms with Crippen LogP contribution < -0.4 is 16.2 Å². The van der Waals surface area contributed by atoms with Crippen LogP contribution in [0.1, 0.15) is 10.4 Å². The molecule has 0 radical (unpaired) electrons. The van der Waals surface area contributed by atoms with Crippen molar-refractivity contribution in [1.82, 2.24) is 4.90 Å². The molecule has 5 heteroatoms. The summed E-state index contributed by atoms with van der Waals surface area (Å²) < 4.78 is 5.07. The summed E-state index contributed by atoms with van der Waals surface area (Å²) in [5.74, 6) is 0.263. The molecule has 4 N–H and O–H groups in total. The van der Waals surface area contributed by atoms with E-state index in [1.54, 1.807) is 20.2 Å². The molecule has 0 heterocycles. The number of carbonyl (C=O) groups excluding carboxylic acids is 1. The molecule has 5 nitrogen and oxygen atoms in total. The van der Waals surface area contributed by atoms with Crippen LogP contribution in [0.3, 0.4) is 0 Å². The van der Waals surface area contributed by atoms with E-state index in [9.17, 15) is 4.79 Å². The maximum atomic E-state index is 11.7. The third-order valence-corrected chi connectivity index (χ3v) is 2.04. The second-order valence-corrected chi connectivity index (χ2v) is 3.38. The molecule has 15 heavy (non-hydrogen) atoms. The molecular weight excluding hydrogens is 194 g/mol. The number of hydrogen-bond acceptors (Lipinski definition) is 4. The van der Waals surface area contributed by atoms with Crippen molar-refractivity contribution in [2.75, 3.05) is 32.7 Å². The van der Waals surface area contributed by atoms with E-state index < -0.39 is 0 Å². The Bertz CT molecular complexity index is 388. The van der Waals surface area contributed by atoms with Gasteiger partial charge >= 0.3 is 0 Å². The van der Waals surface area contributed by atoms with Gasteiger partial charge in [0, 0.05) is 20.2 Å². The standard InChI is InChI=1S/C10H15N3O2/c1-13(2)10(14)6-4-7(11)8(12)5-9(6)15-3/h4-5H,11-12H2,1-3H3. The van der Waals surface area contributed by atoms with Crippen molar-refractivity contribution in [2.45, 2.75) is 0 Å². The zero-order valence-corrected chi connectivity index (χ0v) is 9.07. The van der Waals surface area contributed by atoms with Crippen LogP contribution in [0.2, 0.25) is 0 Å². The van der Waals surface area contributed by atoms with Crippen LogP contribution in [0.15, 0.2) is 12.1 Å². The number of hydrogen-bond donors (Lipinski definition) is 2. The molecular formula is C10H15N3O2. The quantitative estimate of drug-likeness (QED) is 0.697.